The number of para-hydroxylation sites is 2. The number of halogens is 1. The summed E-state index contributed by atoms with van der Waals surface area (Å²) in [4.78, 5) is 9.40. The number of fused-ring (bicyclic) bond motifs is 1. The summed E-state index contributed by atoms with van der Waals surface area (Å²) in [6, 6.07) is 8.27. The van der Waals surface area contributed by atoms with Crippen molar-refractivity contribution in [3.8, 4) is 0 Å². The molecule has 7 nitrogen and oxygen atoms in total. The number of aryl methyl sites for hydroxylation is 2. The Bertz CT molecular complexity index is 786. The van der Waals surface area contributed by atoms with Crippen LogP contribution in [-0.4, -0.2) is 60.1 Å². The molecular weight excluding hydrogens is 481 g/mol. The van der Waals surface area contributed by atoms with Crippen LogP contribution in [0.3, 0.4) is 0 Å². The molecule has 2 aromatic rings. The molecule has 1 unspecified atom stereocenters. The fourth-order valence-electron chi connectivity index (χ4n) is 3.80. The van der Waals surface area contributed by atoms with Crippen molar-refractivity contribution in [3.63, 3.8) is 0 Å². The lowest BCUT2D eigenvalue weighted by atomic mass is 9.84. The lowest BCUT2D eigenvalue weighted by Gasteiger charge is -2.24. The van der Waals surface area contributed by atoms with Crippen LogP contribution in [0.15, 0.2) is 29.3 Å². The third-order valence-electron chi connectivity index (χ3n) is 5.44. The van der Waals surface area contributed by atoms with Crippen molar-refractivity contribution in [1.29, 1.82) is 0 Å². The topological polar surface area (TPSA) is 83.7 Å². The van der Waals surface area contributed by atoms with Gasteiger partial charge in [-0.1, -0.05) is 12.1 Å². The number of aliphatic hydroxyl groups is 1. The standard InChI is InChI=1S/C21H33N5O2.HI/c1-3-22-20(24-15-21(9-13-27)10-14-28-16-21)23-11-6-12-26-17(2)25-18-7-4-5-8-19(18)26;/h4-5,7-8,27H,3,6,9-16H2,1-2H3,(H2,22,23,24);1H. The molecule has 0 amide bonds. The van der Waals surface area contributed by atoms with Crippen LogP contribution in [0.5, 0.6) is 0 Å². The van der Waals surface area contributed by atoms with Crippen molar-refractivity contribution in [3.05, 3.63) is 30.1 Å². The second-order valence-electron chi connectivity index (χ2n) is 7.55. The summed E-state index contributed by atoms with van der Waals surface area (Å²) in [5, 5.41) is 16.1. The number of hydrogen-bond acceptors (Lipinski definition) is 4. The van der Waals surface area contributed by atoms with Gasteiger partial charge in [0.2, 0.25) is 0 Å². The first kappa shape index (κ1) is 23.9. The Morgan fingerprint density at radius 2 is 2.17 bits per heavy atom. The predicted octanol–water partition coefficient (Wildman–Crippen LogP) is 2.70. The van der Waals surface area contributed by atoms with Crippen molar-refractivity contribution in [2.75, 3.05) is 39.5 Å². The Morgan fingerprint density at radius 3 is 2.90 bits per heavy atom. The van der Waals surface area contributed by atoms with Crippen LogP contribution in [-0.2, 0) is 11.3 Å². The first-order valence-corrected chi connectivity index (χ1v) is 10.3. The lowest BCUT2D eigenvalue weighted by Crippen LogP contribution is -2.39. The summed E-state index contributed by atoms with van der Waals surface area (Å²) < 4.78 is 7.83. The molecule has 1 aromatic heterocycles. The van der Waals surface area contributed by atoms with E-state index >= 15 is 0 Å². The average molecular weight is 515 g/mol. The second kappa shape index (κ2) is 11.7. The van der Waals surface area contributed by atoms with Gasteiger partial charge in [-0.3, -0.25) is 4.99 Å². The molecule has 0 bridgehead atoms. The molecule has 1 atom stereocenters. The molecule has 3 N–H and O–H groups in total. The summed E-state index contributed by atoms with van der Waals surface area (Å²) in [6.07, 6.45) is 2.68. The van der Waals surface area contributed by atoms with Gasteiger partial charge in [0.15, 0.2) is 5.96 Å². The number of aromatic nitrogens is 2. The van der Waals surface area contributed by atoms with E-state index < -0.39 is 0 Å². The Balaban J connectivity index is 0.00000300. The summed E-state index contributed by atoms with van der Waals surface area (Å²) in [6.45, 7) is 9.00. The molecule has 1 aliphatic heterocycles. The SMILES string of the molecule is CCNC(=NCC1(CCO)CCOC1)NCCCn1c(C)nc2ccccc21.I. The minimum absolute atomic E-state index is 0. The van der Waals surface area contributed by atoms with E-state index in [9.17, 15) is 5.11 Å². The van der Waals surface area contributed by atoms with Gasteiger partial charge in [-0.2, -0.15) is 0 Å². The minimum atomic E-state index is -0.0239. The van der Waals surface area contributed by atoms with Gasteiger partial charge in [-0.05, 0) is 45.2 Å². The largest absolute Gasteiger partial charge is 0.396 e. The highest BCUT2D eigenvalue weighted by Gasteiger charge is 2.34. The first-order valence-electron chi connectivity index (χ1n) is 10.3. The molecule has 162 valence electrons. The van der Waals surface area contributed by atoms with Crippen molar-refractivity contribution in [1.82, 2.24) is 20.2 Å². The molecule has 1 fully saturated rings. The van der Waals surface area contributed by atoms with E-state index in [1.165, 1.54) is 5.52 Å². The molecule has 29 heavy (non-hydrogen) atoms. The second-order valence-corrected chi connectivity index (χ2v) is 7.55. The van der Waals surface area contributed by atoms with Crippen molar-refractivity contribution in [2.45, 2.75) is 39.7 Å². The van der Waals surface area contributed by atoms with Gasteiger partial charge in [0, 0.05) is 38.3 Å². The summed E-state index contributed by atoms with van der Waals surface area (Å²) in [7, 11) is 0. The number of aliphatic hydroxyl groups excluding tert-OH is 1. The zero-order valence-electron chi connectivity index (χ0n) is 17.5. The first-order chi connectivity index (χ1) is 13.7. The number of imidazole rings is 1. The molecule has 3 rings (SSSR count). The molecule has 2 heterocycles. The van der Waals surface area contributed by atoms with Crippen molar-refractivity contribution in [2.24, 2.45) is 10.4 Å². The molecular formula is C21H34IN5O2. The number of nitrogens with zero attached hydrogens (tertiary/aromatic N) is 3. The number of ether oxygens (including phenoxy) is 1. The highest BCUT2D eigenvalue weighted by molar-refractivity contribution is 14.0. The smallest absolute Gasteiger partial charge is 0.191 e. The lowest BCUT2D eigenvalue weighted by molar-refractivity contribution is 0.131. The van der Waals surface area contributed by atoms with Crippen LogP contribution < -0.4 is 10.6 Å². The quantitative estimate of drug-likeness (QED) is 0.207. The monoisotopic (exact) mass is 515 g/mol. The van der Waals surface area contributed by atoms with E-state index in [-0.39, 0.29) is 36.0 Å². The highest BCUT2D eigenvalue weighted by atomic mass is 127. The van der Waals surface area contributed by atoms with Gasteiger partial charge >= 0.3 is 0 Å². The maximum absolute atomic E-state index is 9.38. The summed E-state index contributed by atoms with van der Waals surface area (Å²) in [5.41, 5.74) is 2.22. The van der Waals surface area contributed by atoms with Gasteiger partial charge in [0.25, 0.3) is 0 Å². The van der Waals surface area contributed by atoms with E-state index in [1.807, 2.05) is 6.07 Å². The maximum Gasteiger partial charge on any atom is 0.191 e. The maximum atomic E-state index is 9.38. The van der Waals surface area contributed by atoms with E-state index in [0.29, 0.717) is 13.2 Å². The third kappa shape index (κ3) is 6.29. The fourth-order valence-corrected chi connectivity index (χ4v) is 3.80. The van der Waals surface area contributed by atoms with Crippen LogP contribution in [0, 0.1) is 12.3 Å². The van der Waals surface area contributed by atoms with E-state index in [4.69, 9.17) is 9.73 Å². The molecule has 0 aliphatic carbocycles. The van der Waals surface area contributed by atoms with E-state index in [0.717, 1.165) is 62.8 Å². The predicted molar refractivity (Wildman–Crippen MR) is 128 cm³/mol. The zero-order valence-corrected chi connectivity index (χ0v) is 19.8. The summed E-state index contributed by atoms with van der Waals surface area (Å²) in [5.74, 6) is 1.88. The van der Waals surface area contributed by atoms with E-state index in [1.54, 1.807) is 0 Å². The molecule has 1 aromatic carbocycles. The number of nitrogens with one attached hydrogen (secondary N) is 2. The molecule has 0 spiro atoms. The fraction of sp³-hybridized carbons (Fsp3) is 0.619. The Kier molecular flexibility index (Phi) is 9.64. The molecule has 1 saturated heterocycles. The Hall–Kier alpha value is -1.39. The highest BCUT2D eigenvalue weighted by Crippen LogP contribution is 2.32. The normalized spacial score (nSPS) is 19.3. The zero-order chi connectivity index (χ0) is 19.8. The average Bonchev–Trinajstić information content (AvgIpc) is 3.28. The van der Waals surface area contributed by atoms with Crippen LogP contribution in [0.25, 0.3) is 11.0 Å². The summed E-state index contributed by atoms with van der Waals surface area (Å²) >= 11 is 0. The third-order valence-corrected chi connectivity index (χ3v) is 5.44. The number of benzene rings is 1. The van der Waals surface area contributed by atoms with Crippen LogP contribution in [0.4, 0.5) is 0 Å². The molecule has 1 aliphatic rings. The Labute approximate surface area is 190 Å². The van der Waals surface area contributed by atoms with Crippen molar-refractivity contribution >= 4 is 41.0 Å². The molecule has 0 saturated carbocycles. The van der Waals surface area contributed by atoms with Gasteiger partial charge < -0.3 is 25.0 Å². The van der Waals surface area contributed by atoms with Crippen molar-refractivity contribution < 1.29 is 9.84 Å². The van der Waals surface area contributed by atoms with Gasteiger partial charge in [-0.15, -0.1) is 24.0 Å². The van der Waals surface area contributed by atoms with Gasteiger partial charge in [-0.25, -0.2) is 4.98 Å². The van der Waals surface area contributed by atoms with Gasteiger partial charge in [0.05, 0.1) is 24.2 Å². The Morgan fingerprint density at radius 1 is 1.34 bits per heavy atom. The minimum Gasteiger partial charge on any atom is -0.396 e. The van der Waals surface area contributed by atoms with Crippen LogP contribution in [0.2, 0.25) is 0 Å². The van der Waals surface area contributed by atoms with Crippen LogP contribution >= 0.6 is 24.0 Å². The number of aliphatic imine (C=N–C) groups is 1. The molecule has 8 heteroatoms. The van der Waals surface area contributed by atoms with Crippen LogP contribution in [0.1, 0.15) is 32.0 Å². The number of hydrogen-bond donors (Lipinski definition) is 3. The molecule has 0 radical (unpaired) electrons. The number of rotatable bonds is 9. The number of guanidine groups is 1. The van der Waals surface area contributed by atoms with Gasteiger partial charge in [0.1, 0.15) is 5.82 Å². The van der Waals surface area contributed by atoms with E-state index in [2.05, 4.69) is 52.2 Å².